The summed E-state index contributed by atoms with van der Waals surface area (Å²) in [6, 6.07) is 14.0. The van der Waals surface area contributed by atoms with Crippen LogP contribution in [0.15, 0.2) is 61.1 Å². The Labute approximate surface area is 231 Å². The van der Waals surface area contributed by atoms with Crippen LogP contribution in [0.1, 0.15) is 31.0 Å². The van der Waals surface area contributed by atoms with Crippen molar-refractivity contribution >= 4 is 39.7 Å². The van der Waals surface area contributed by atoms with Crippen LogP contribution in [0.5, 0.6) is 5.75 Å². The van der Waals surface area contributed by atoms with Crippen molar-refractivity contribution in [2.24, 2.45) is 5.41 Å². The van der Waals surface area contributed by atoms with Crippen molar-refractivity contribution in [3.8, 4) is 17.6 Å². The Kier molecular flexibility index (Phi) is 7.59. The first-order valence-corrected chi connectivity index (χ1v) is 12.9. The number of halogens is 1. The van der Waals surface area contributed by atoms with Gasteiger partial charge in [0.1, 0.15) is 30.1 Å². The molecule has 1 N–H and O–H groups in total. The molecule has 0 bridgehead atoms. The number of benzene rings is 2. The number of hydrogen-bond donors (Lipinski definition) is 1. The summed E-state index contributed by atoms with van der Waals surface area (Å²) in [6.07, 6.45) is 5.12. The molecule has 5 rings (SSSR count). The summed E-state index contributed by atoms with van der Waals surface area (Å²) in [7, 11) is 2.07. The highest BCUT2D eigenvalue weighted by atomic mass is 35.5. The van der Waals surface area contributed by atoms with E-state index in [4.69, 9.17) is 16.3 Å². The number of aromatic nitrogens is 3. The predicted octanol–water partition coefficient (Wildman–Crippen LogP) is 5.99. The van der Waals surface area contributed by atoms with Gasteiger partial charge in [0.25, 0.3) is 5.69 Å². The van der Waals surface area contributed by atoms with Crippen molar-refractivity contribution < 1.29 is 9.66 Å². The highest BCUT2D eigenvalue weighted by Crippen LogP contribution is 2.33. The number of nitro groups is 1. The lowest BCUT2D eigenvalue weighted by Crippen LogP contribution is -2.38. The molecule has 1 fully saturated rings. The second kappa shape index (κ2) is 11.2. The van der Waals surface area contributed by atoms with Crippen LogP contribution in [0.2, 0.25) is 5.02 Å². The maximum atomic E-state index is 12.0. The third kappa shape index (κ3) is 6.25. The van der Waals surface area contributed by atoms with Crippen molar-refractivity contribution in [3.05, 3.63) is 87.4 Å². The van der Waals surface area contributed by atoms with Crippen molar-refractivity contribution in [2.45, 2.75) is 26.4 Å². The molecule has 0 radical (unpaired) electrons. The molecule has 2 aromatic heterocycles. The van der Waals surface area contributed by atoms with Crippen LogP contribution in [0.25, 0.3) is 10.9 Å². The number of piperidine rings is 1. The standard InChI is InChI=1S/C29H27ClN6O3/c1-29(10-5-13-35(2)18-29)11-9-20-14-25-23(16-26(20)36(37)38)28(33-19-32-25)34-21-7-8-27(24(30)15-21)39-17-22-6-3-4-12-31-22/h3-4,6-8,12,14-16,19H,5,10,13,17-18H2,1-2H3,(H,32,33,34). The van der Waals surface area contributed by atoms with E-state index in [1.54, 1.807) is 30.5 Å². The van der Waals surface area contributed by atoms with E-state index < -0.39 is 4.92 Å². The molecule has 1 aliphatic rings. The maximum absolute atomic E-state index is 12.0. The van der Waals surface area contributed by atoms with Gasteiger partial charge in [0.05, 0.1) is 21.2 Å². The molecule has 1 saturated heterocycles. The minimum atomic E-state index is -0.417. The van der Waals surface area contributed by atoms with Gasteiger partial charge in [0.2, 0.25) is 0 Å². The second-order valence-corrected chi connectivity index (χ2v) is 10.3. The van der Waals surface area contributed by atoms with E-state index >= 15 is 0 Å². The lowest BCUT2D eigenvalue weighted by Gasteiger charge is -2.34. The Morgan fingerprint density at radius 3 is 2.82 bits per heavy atom. The Morgan fingerprint density at radius 1 is 1.21 bits per heavy atom. The van der Waals surface area contributed by atoms with E-state index in [2.05, 4.69) is 51.0 Å². The Balaban J connectivity index is 1.41. The zero-order valence-corrected chi connectivity index (χ0v) is 22.4. The molecule has 0 saturated carbocycles. The van der Waals surface area contributed by atoms with Crippen molar-refractivity contribution in [1.82, 2.24) is 19.9 Å². The number of nitrogens with zero attached hydrogens (tertiary/aromatic N) is 5. The van der Waals surface area contributed by atoms with Crippen LogP contribution >= 0.6 is 11.6 Å². The van der Waals surface area contributed by atoms with Crippen LogP contribution in [0, 0.1) is 27.4 Å². The average Bonchev–Trinajstić information content (AvgIpc) is 2.91. The predicted molar refractivity (Wildman–Crippen MR) is 151 cm³/mol. The molecule has 0 amide bonds. The van der Waals surface area contributed by atoms with E-state index in [0.717, 1.165) is 31.6 Å². The Hall–Kier alpha value is -4.26. The van der Waals surface area contributed by atoms with Gasteiger partial charge >= 0.3 is 0 Å². The molecular formula is C29H27ClN6O3. The summed E-state index contributed by atoms with van der Waals surface area (Å²) in [5.41, 5.74) is 2.01. The molecule has 2 aromatic carbocycles. The number of nitro benzene ring substituents is 1. The van der Waals surface area contributed by atoms with E-state index in [9.17, 15) is 10.1 Å². The zero-order valence-electron chi connectivity index (χ0n) is 21.6. The van der Waals surface area contributed by atoms with Gasteiger partial charge in [0, 0.05) is 35.3 Å². The van der Waals surface area contributed by atoms with Gasteiger partial charge in [-0.15, -0.1) is 0 Å². The monoisotopic (exact) mass is 542 g/mol. The number of nitrogens with one attached hydrogen (secondary N) is 1. The molecule has 10 heteroatoms. The molecule has 0 spiro atoms. The van der Waals surface area contributed by atoms with Gasteiger partial charge in [-0.25, -0.2) is 9.97 Å². The van der Waals surface area contributed by atoms with Gasteiger partial charge < -0.3 is 15.0 Å². The third-order valence-corrected chi connectivity index (χ3v) is 6.93. The minimum Gasteiger partial charge on any atom is -0.486 e. The lowest BCUT2D eigenvalue weighted by molar-refractivity contribution is -0.385. The Bertz CT molecular complexity index is 1590. The van der Waals surface area contributed by atoms with Gasteiger partial charge in [0.15, 0.2) is 0 Å². The van der Waals surface area contributed by atoms with E-state index in [1.165, 1.54) is 12.4 Å². The molecule has 9 nitrogen and oxygen atoms in total. The number of anilines is 2. The number of rotatable bonds is 6. The van der Waals surface area contributed by atoms with E-state index in [1.807, 2.05) is 18.2 Å². The average molecular weight is 543 g/mol. The molecular weight excluding hydrogens is 516 g/mol. The molecule has 1 unspecified atom stereocenters. The van der Waals surface area contributed by atoms with Crippen molar-refractivity contribution in [1.29, 1.82) is 0 Å². The van der Waals surface area contributed by atoms with Gasteiger partial charge in [-0.2, -0.15) is 0 Å². The van der Waals surface area contributed by atoms with Gasteiger partial charge in [-0.1, -0.05) is 29.5 Å². The topological polar surface area (TPSA) is 106 Å². The number of fused-ring (bicyclic) bond motifs is 1. The molecule has 1 aliphatic heterocycles. The van der Waals surface area contributed by atoms with Crippen LogP contribution in [0.3, 0.4) is 0 Å². The first kappa shape index (κ1) is 26.4. The maximum Gasteiger partial charge on any atom is 0.285 e. The van der Waals surface area contributed by atoms with Crippen LogP contribution in [-0.4, -0.2) is 44.9 Å². The molecule has 4 aromatic rings. The van der Waals surface area contributed by atoms with Crippen LogP contribution in [0.4, 0.5) is 17.2 Å². The summed E-state index contributed by atoms with van der Waals surface area (Å²) < 4.78 is 5.79. The van der Waals surface area contributed by atoms with Crippen LogP contribution in [-0.2, 0) is 6.61 Å². The highest BCUT2D eigenvalue weighted by molar-refractivity contribution is 6.32. The summed E-state index contributed by atoms with van der Waals surface area (Å²) in [4.78, 5) is 26.7. The molecule has 198 valence electrons. The molecule has 39 heavy (non-hydrogen) atoms. The van der Waals surface area contributed by atoms with E-state index in [0.29, 0.717) is 38.7 Å². The minimum absolute atomic E-state index is 0.0862. The summed E-state index contributed by atoms with van der Waals surface area (Å²) in [5.74, 6) is 7.32. The second-order valence-electron chi connectivity index (χ2n) is 9.90. The third-order valence-electron chi connectivity index (χ3n) is 6.63. The fourth-order valence-corrected chi connectivity index (χ4v) is 4.96. The van der Waals surface area contributed by atoms with Gasteiger partial charge in [-0.05, 0) is 69.8 Å². The molecule has 0 aliphatic carbocycles. The van der Waals surface area contributed by atoms with E-state index in [-0.39, 0.29) is 17.7 Å². The molecule has 3 heterocycles. The van der Waals surface area contributed by atoms with Crippen molar-refractivity contribution in [3.63, 3.8) is 0 Å². The smallest absolute Gasteiger partial charge is 0.285 e. The summed E-state index contributed by atoms with van der Waals surface area (Å²) in [5, 5.41) is 16.1. The number of likely N-dealkylation sites (tertiary alicyclic amines) is 1. The van der Waals surface area contributed by atoms with Crippen LogP contribution < -0.4 is 10.1 Å². The normalized spacial score (nSPS) is 17.3. The SMILES string of the molecule is CN1CCCC(C)(C#Cc2cc3ncnc(Nc4ccc(OCc5ccccn5)c(Cl)c4)c3cc2[N+](=O)[O-])C1. The zero-order chi connectivity index (χ0) is 27.4. The highest BCUT2D eigenvalue weighted by Gasteiger charge is 2.28. The summed E-state index contributed by atoms with van der Waals surface area (Å²) in [6.45, 7) is 4.25. The molecule has 1 atom stereocenters. The Morgan fingerprint density at radius 2 is 2.08 bits per heavy atom. The fraction of sp³-hybridized carbons (Fsp3) is 0.276. The number of pyridine rings is 1. The number of hydrogen-bond acceptors (Lipinski definition) is 8. The largest absolute Gasteiger partial charge is 0.486 e. The fourth-order valence-electron chi connectivity index (χ4n) is 4.72. The first-order chi connectivity index (χ1) is 18.8. The van der Waals surface area contributed by atoms with Gasteiger partial charge in [-0.3, -0.25) is 15.1 Å². The lowest BCUT2D eigenvalue weighted by atomic mass is 9.82. The van der Waals surface area contributed by atoms with Crippen molar-refractivity contribution in [2.75, 3.05) is 25.5 Å². The quantitative estimate of drug-likeness (QED) is 0.180. The summed E-state index contributed by atoms with van der Waals surface area (Å²) >= 11 is 6.46. The first-order valence-electron chi connectivity index (χ1n) is 12.5. The number of ether oxygens (including phenoxy) is 1.